The summed E-state index contributed by atoms with van der Waals surface area (Å²) in [6, 6.07) is 12.1. The van der Waals surface area contributed by atoms with Crippen molar-refractivity contribution in [1.29, 1.82) is 0 Å². The van der Waals surface area contributed by atoms with E-state index in [1.165, 1.54) is 12.7 Å². The van der Waals surface area contributed by atoms with Crippen molar-refractivity contribution in [2.75, 3.05) is 12.4 Å². The lowest BCUT2D eigenvalue weighted by Gasteiger charge is -2.09. The normalized spacial score (nSPS) is 10.4. The smallest absolute Gasteiger partial charge is 0.412 e. The van der Waals surface area contributed by atoms with Gasteiger partial charge in [0.2, 0.25) is 0 Å². The van der Waals surface area contributed by atoms with E-state index >= 15 is 0 Å². The molecule has 0 aliphatic carbocycles. The molecule has 0 fully saturated rings. The predicted molar refractivity (Wildman–Crippen MR) is 79.8 cm³/mol. The number of methoxy groups -OCH3 is 1. The zero-order valence-corrected chi connectivity index (χ0v) is 11.9. The summed E-state index contributed by atoms with van der Waals surface area (Å²) in [6.07, 6.45) is 1.22. The molecule has 1 heterocycles. The van der Waals surface area contributed by atoms with Gasteiger partial charge in [0, 0.05) is 11.8 Å². The van der Waals surface area contributed by atoms with E-state index in [9.17, 15) is 4.79 Å². The molecule has 0 saturated carbocycles. The van der Waals surface area contributed by atoms with Gasteiger partial charge < -0.3 is 4.74 Å². The largest absolute Gasteiger partial charge is 0.453 e. The van der Waals surface area contributed by atoms with Crippen molar-refractivity contribution < 1.29 is 9.53 Å². The fourth-order valence-electron chi connectivity index (χ4n) is 1.87. The van der Waals surface area contributed by atoms with Crippen LogP contribution in [0.1, 0.15) is 25.3 Å². The van der Waals surface area contributed by atoms with Gasteiger partial charge in [0.1, 0.15) is 5.82 Å². The van der Waals surface area contributed by atoms with Crippen molar-refractivity contribution in [3.8, 4) is 11.1 Å². The van der Waals surface area contributed by atoms with Gasteiger partial charge in [-0.2, -0.15) is 0 Å². The highest BCUT2D eigenvalue weighted by Gasteiger charge is 2.05. The average Bonchev–Trinajstić information content (AvgIpc) is 2.48. The Bertz CT molecular complexity index is 592. The van der Waals surface area contributed by atoms with Crippen LogP contribution in [0.4, 0.5) is 10.6 Å². The van der Waals surface area contributed by atoms with E-state index in [2.05, 4.69) is 47.1 Å². The molecule has 0 aliphatic rings. The third-order valence-electron chi connectivity index (χ3n) is 3.07. The molecule has 1 aromatic carbocycles. The number of carbonyl (C=O) groups excluding carboxylic acids is 1. The average molecular weight is 270 g/mol. The molecule has 0 bridgehead atoms. The first-order valence-electron chi connectivity index (χ1n) is 6.51. The highest BCUT2D eigenvalue weighted by molar-refractivity contribution is 5.83. The molecular weight excluding hydrogens is 252 g/mol. The third-order valence-corrected chi connectivity index (χ3v) is 3.07. The molecule has 20 heavy (non-hydrogen) atoms. The molecule has 104 valence electrons. The van der Waals surface area contributed by atoms with Gasteiger partial charge in [0.25, 0.3) is 0 Å². The summed E-state index contributed by atoms with van der Waals surface area (Å²) in [5, 5.41) is 2.53. The summed E-state index contributed by atoms with van der Waals surface area (Å²) in [5.41, 5.74) is 3.43. The van der Waals surface area contributed by atoms with Crippen molar-refractivity contribution in [3.05, 3.63) is 48.2 Å². The molecule has 1 aromatic heterocycles. The summed E-state index contributed by atoms with van der Waals surface area (Å²) >= 11 is 0. The van der Waals surface area contributed by atoms with Crippen LogP contribution in [0.3, 0.4) is 0 Å². The lowest BCUT2D eigenvalue weighted by atomic mass is 9.98. The highest BCUT2D eigenvalue weighted by atomic mass is 16.5. The summed E-state index contributed by atoms with van der Waals surface area (Å²) in [5.74, 6) is 0.962. The first-order chi connectivity index (χ1) is 9.60. The standard InChI is InChI=1S/C16H18N2O2/c1-11(2)12-5-4-6-13(9-12)14-7-8-15(17-10-14)18-16(19)20-3/h4-11H,1-3H3,(H,17,18,19). The number of amides is 1. The van der Waals surface area contributed by atoms with Gasteiger partial charge in [-0.15, -0.1) is 0 Å². The second-order valence-corrected chi connectivity index (χ2v) is 4.83. The first-order valence-corrected chi connectivity index (χ1v) is 6.51. The fourth-order valence-corrected chi connectivity index (χ4v) is 1.87. The van der Waals surface area contributed by atoms with E-state index in [1.54, 1.807) is 12.3 Å². The lowest BCUT2D eigenvalue weighted by Crippen LogP contribution is -2.11. The number of carbonyl (C=O) groups is 1. The first kappa shape index (κ1) is 14.1. The van der Waals surface area contributed by atoms with Crippen LogP contribution in [0.15, 0.2) is 42.6 Å². The maximum atomic E-state index is 11.1. The summed E-state index contributed by atoms with van der Waals surface area (Å²) < 4.78 is 4.52. The van der Waals surface area contributed by atoms with Crippen LogP contribution in [-0.2, 0) is 4.74 Å². The maximum absolute atomic E-state index is 11.1. The molecule has 0 saturated heterocycles. The Morgan fingerprint density at radius 2 is 2.00 bits per heavy atom. The number of rotatable bonds is 3. The number of aromatic nitrogens is 1. The van der Waals surface area contributed by atoms with Crippen LogP contribution in [0.25, 0.3) is 11.1 Å². The molecular formula is C16H18N2O2. The second-order valence-electron chi connectivity index (χ2n) is 4.83. The number of benzene rings is 1. The van der Waals surface area contributed by atoms with E-state index in [1.807, 2.05) is 12.1 Å². The van der Waals surface area contributed by atoms with Gasteiger partial charge in [-0.05, 0) is 29.2 Å². The summed E-state index contributed by atoms with van der Waals surface area (Å²) in [4.78, 5) is 15.3. The minimum atomic E-state index is -0.521. The van der Waals surface area contributed by atoms with E-state index in [0.29, 0.717) is 11.7 Å². The number of hydrogen-bond donors (Lipinski definition) is 1. The molecule has 0 radical (unpaired) electrons. The Balaban J connectivity index is 2.21. The van der Waals surface area contributed by atoms with Gasteiger partial charge in [-0.3, -0.25) is 5.32 Å². The van der Waals surface area contributed by atoms with Gasteiger partial charge in [0.15, 0.2) is 0 Å². The quantitative estimate of drug-likeness (QED) is 0.915. The topological polar surface area (TPSA) is 51.2 Å². The van der Waals surface area contributed by atoms with Crippen LogP contribution < -0.4 is 5.32 Å². The molecule has 1 N–H and O–H groups in total. The van der Waals surface area contributed by atoms with Crippen molar-refractivity contribution in [3.63, 3.8) is 0 Å². The maximum Gasteiger partial charge on any atom is 0.412 e. The Labute approximate surface area is 118 Å². The van der Waals surface area contributed by atoms with E-state index in [-0.39, 0.29) is 0 Å². The van der Waals surface area contributed by atoms with Crippen molar-refractivity contribution in [1.82, 2.24) is 4.98 Å². The van der Waals surface area contributed by atoms with Crippen LogP contribution in [0.2, 0.25) is 0 Å². The minimum absolute atomic E-state index is 0.473. The van der Waals surface area contributed by atoms with Crippen LogP contribution in [0, 0.1) is 0 Å². The molecule has 4 heteroatoms. The van der Waals surface area contributed by atoms with Crippen LogP contribution in [0.5, 0.6) is 0 Å². The van der Waals surface area contributed by atoms with Crippen LogP contribution in [-0.4, -0.2) is 18.2 Å². The van der Waals surface area contributed by atoms with E-state index < -0.39 is 6.09 Å². The Morgan fingerprint density at radius 3 is 2.60 bits per heavy atom. The van der Waals surface area contributed by atoms with E-state index in [4.69, 9.17) is 0 Å². The molecule has 0 atom stereocenters. The van der Waals surface area contributed by atoms with Crippen molar-refractivity contribution in [2.24, 2.45) is 0 Å². The molecule has 0 aliphatic heterocycles. The van der Waals surface area contributed by atoms with Crippen molar-refractivity contribution in [2.45, 2.75) is 19.8 Å². The Kier molecular flexibility index (Phi) is 4.35. The summed E-state index contributed by atoms with van der Waals surface area (Å²) in [6.45, 7) is 4.33. The van der Waals surface area contributed by atoms with Gasteiger partial charge in [0.05, 0.1) is 7.11 Å². The number of hydrogen-bond acceptors (Lipinski definition) is 3. The number of pyridine rings is 1. The van der Waals surface area contributed by atoms with Crippen molar-refractivity contribution >= 4 is 11.9 Å². The SMILES string of the molecule is COC(=O)Nc1ccc(-c2cccc(C(C)C)c2)cn1. The molecule has 2 rings (SSSR count). The lowest BCUT2D eigenvalue weighted by molar-refractivity contribution is 0.187. The summed E-state index contributed by atoms with van der Waals surface area (Å²) in [7, 11) is 1.32. The van der Waals surface area contributed by atoms with E-state index in [0.717, 1.165) is 11.1 Å². The zero-order chi connectivity index (χ0) is 14.5. The Morgan fingerprint density at radius 1 is 1.20 bits per heavy atom. The third kappa shape index (κ3) is 3.35. The molecule has 4 nitrogen and oxygen atoms in total. The predicted octanol–water partition coefficient (Wildman–Crippen LogP) is 4.05. The second kappa shape index (κ2) is 6.19. The van der Waals surface area contributed by atoms with Gasteiger partial charge in [-0.1, -0.05) is 38.1 Å². The van der Waals surface area contributed by atoms with Gasteiger partial charge in [-0.25, -0.2) is 9.78 Å². The zero-order valence-electron chi connectivity index (χ0n) is 11.9. The van der Waals surface area contributed by atoms with Crippen LogP contribution >= 0.6 is 0 Å². The molecule has 0 unspecified atom stereocenters. The fraction of sp³-hybridized carbons (Fsp3) is 0.250. The highest BCUT2D eigenvalue weighted by Crippen LogP contribution is 2.24. The Hall–Kier alpha value is -2.36. The van der Waals surface area contributed by atoms with Gasteiger partial charge >= 0.3 is 6.09 Å². The number of nitrogens with one attached hydrogen (secondary N) is 1. The number of ether oxygens (including phenoxy) is 1. The molecule has 1 amide bonds. The number of nitrogens with zero attached hydrogens (tertiary/aromatic N) is 1. The molecule has 0 spiro atoms. The number of anilines is 1. The monoisotopic (exact) mass is 270 g/mol. The molecule has 2 aromatic rings. The minimum Gasteiger partial charge on any atom is -0.453 e.